The number of carbonyl (C=O) groups excluding carboxylic acids is 1. The zero-order valence-corrected chi connectivity index (χ0v) is 10.0. The molecule has 0 bridgehead atoms. The van der Waals surface area contributed by atoms with Crippen LogP contribution in [0.5, 0.6) is 0 Å². The van der Waals surface area contributed by atoms with Crippen molar-refractivity contribution in [1.82, 2.24) is 4.90 Å². The van der Waals surface area contributed by atoms with Gasteiger partial charge in [0.15, 0.2) is 0 Å². The number of hydrogen-bond donors (Lipinski definition) is 2. The van der Waals surface area contributed by atoms with Crippen LogP contribution >= 0.6 is 0 Å². The number of β-amino-alcohol motifs (C(OH)–C–C–N with tert-alkyl or cyclic N) is 1. The van der Waals surface area contributed by atoms with Gasteiger partial charge in [-0.3, -0.25) is 4.79 Å². The van der Waals surface area contributed by atoms with E-state index in [0.717, 1.165) is 51.6 Å². The molecule has 0 radical (unpaired) electrons. The van der Waals surface area contributed by atoms with Crippen LogP contribution in [0.2, 0.25) is 0 Å². The molecular formula is C12H24N2O2. The van der Waals surface area contributed by atoms with E-state index < -0.39 is 0 Å². The van der Waals surface area contributed by atoms with E-state index in [4.69, 9.17) is 5.73 Å². The summed E-state index contributed by atoms with van der Waals surface area (Å²) < 4.78 is 0. The first-order chi connectivity index (χ1) is 7.74. The van der Waals surface area contributed by atoms with Gasteiger partial charge in [-0.25, -0.2) is 0 Å². The van der Waals surface area contributed by atoms with E-state index in [1.165, 1.54) is 0 Å². The third-order valence-corrected chi connectivity index (χ3v) is 3.09. The van der Waals surface area contributed by atoms with Gasteiger partial charge in [0.2, 0.25) is 5.91 Å². The first-order valence-corrected chi connectivity index (χ1v) is 6.40. The first kappa shape index (κ1) is 13.5. The van der Waals surface area contributed by atoms with Gasteiger partial charge in [0, 0.05) is 19.5 Å². The lowest BCUT2D eigenvalue weighted by Gasteiger charge is -2.30. The van der Waals surface area contributed by atoms with Crippen LogP contribution in [0.1, 0.15) is 44.9 Å². The van der Waals surface area contributed by atoms with Crippen LogP contribution in [0.25, 0.3) is 0 Å². The summed E-state index contributed by atoms with van der Waals surface area (Å²) in [5.41, 5.74) is 5.40. The SMILES string of the molecule is NCCCCCCC(=O)N1CCCC(O)C1. The highest BCUT2D eigenvalue weighted by Crippen LogP contribution is 2.12. The van der Waals surface area contributed by atoms with E-state index in [1.807, 2.05) is 0 Å². The third-order valence-electron chi connectivity index (χ3n) is 3.09. The number of piperidine rings is 1. The van der Waals surface area contributed by atoms with Gasteiger partial charge in [-0.2, -0.15) is 0 Å². The smallest absolute Gasteiger partial charge is 0.222 e. The van der Waals surface area contributed by atoms with Gasteiger partial charge in [0.25, 0.3) is 0 Å². The molecule has 0 saturated carbocycles. The van der Waals surface area contributed by atoms with Crippen molar-refractivity contribution in [2.24, 2.45) is 5.73 Å². The third kappa shape index (κ3) is 4.94. The summed E-state index contributed by atoms with van der Waals surface area (Å²) >= 11 is 0. The summed E-state index contributed by atoms with van der Waals surface area (Å²) in [4.78, 5) is 13.6. The van der Waals surface area contributed by atoms with E-state index in [-0.39, 0.29) is 12.0 Å². The molecule has 0 aromatic carbocycles. The molecule has 1 aliphatic heterocycles. The highest BCUT2D eigenvalue weighted by Gasteiger charge is 2.21. The Morgan fingerprint density at radius 1 is 1.31 bits per heavy atom. The predicted molar refractivity (Wildman–Crippen MR) is 64.0 cm³/mol. The molecule has 1 amide bonds. The van der Waals surface area contributed by atoms with Crippen molar-refractivity contribution in [2.75, 3.05) is 19.6 Å². The molecule has 94 valence electrons. The van der Waals surface area contributed by atoms with Crippen LogP contribution in [-0.4, -0.2) is 41.7 Å². The lowest BCUT2D eigenvalue weighted by Crippen LogP contribution is -2.42. The molecular weight excluding hydrogens is 204 g/mol. The van der Waals surface area contributed by atoms with Gasteiger partial charge in [-0.05, 0) is 32.2 Å². The zero-order chi connectivity index (χ0) is 11.8. The Morgan fingerprint density at radius 2 is 2.06 bits per heavy atom. The van der Waals surface area contributed by atoms with Crippen LogP contribution in [0.4, 0.5) is 0 Å². The summed E-state index contributed by atoms with van der Waals surface area (Å²) in [5.74, 6) is 0.200. The number of aliphatic hydroxyl groups excluding tert-OH is 1. The van der Waals surface area contributed by atoms with E-state index in [9.17, 15) is 9.90 Å². The molecule has 1 fully saturated rings. The van der Waals surface area contributed by atoms with Crippen molar-refractivity contribution in [3.05, 3.63) is 0 Å². The van der Waals surface area contributed by atoms with E-state index in [0.29, 0.717) is 13.0 Å². The van der Waals surface area contributed by atoms with Crippen molar-refractivity contribution in [1.29, 1.82) is 0 Å². The maximum atomic E-state index is 11.8. The van der Waals surface area contributed by atoms with E-state index >= 15 is 0 Å². The largest absolute Gasteiger partial charge is 0.391 e. The van der Waals surface area contributed by atoms with Gasteiger partial charge >= 0.3 is 0 Å². The molecule has 1 aliphatic rings. The van der Waals surface area contributed by atoms with Crippen LogP contribution in [-0.2, 0) is 4.79 Å². The Balaban J connectivity index is 2.09. The van der Waals surface area contributed by atoms with Crippen molar-refractivity contribution in [3.8, 4) is 0 Å². The average Bonchev–Trinajstić information content (AvgIpc) is 2.28. The van der Waals surface area contributed by atoms with Crippen LogP contribution in [0.15, 0.2) is 0 Å². The maximum Gasteiger partial charge on any atom is 0.222 e. The molecule has 0 aromatic heterocycles. The molecule has 1 unspecified atom stereocenters. The van der Waals surface area contributed by atoms with E-state index in [1.54, 1.807) is 4.90 Å². The summed E-state index contributed by atoms with van der Waals surface area (Å²) in [7, 11) is 0. The molecule has 4 heteroatoms. The first-order valence-electron chi connectivity index (χ1n) is 6.40. The number of nitrogens with two attached hydrogens (primary N) is 1. The van der Waals surface area contributed by atoms with Gasteiger partial charge < -0.3 is 15.7 Å². The summed E-state index contributed by atoms with van der Waals surface area (Å²) in [5, 5.41) is 9.46. The number of amides is 1. The zero-order valence-electron chi connectivity index (χ0n) is 10.0. The summed E-state index contributed by atoms with van der Waals surface area (Å²) in [6.07, 6.45) is 6.28. The quantitative estimate of drug-likeness (QED) is 0.663. The molecule has 1 rings (SSSR count). The Bertz CT molecular complexity index is 209. The van der Waals surface area contributed by atoms with E-state index in [2.05, 4.69) is 0 Å². The molecule has 1 saturated heterocycles. The number of aliphatic hydroxyl groups is 1. The lowest BCUT2D eigenvalue weighted by molar-refractivity contribution is -0.134. The molecule has 3 N–H and O–H groups in total. The second-order valence-electron chi connectivity index (χ2n) is 4.59. The molecule has 4 nitrogen and oxygen atoms in total. The number of carbonyl (C=O) groups is 1. The van der Waals surface area contributed by atoms with Crippen LogP contribution in [0, 0.1) is 0 Å². The van der Waals surface area contributed by atoms with Crippen LogP contribution in [0.3, 0.4) is 0 Å². The minimum absolute atomic E-state index is 0.200. The second-order valence-corrected chi connectivity index (χ2v) is 4.59. The molecule has 1 atom stereocenters. The fourth-order valence-corrected chi connectivity index (χ4v) is 2.11. The number of rotatable bonds is 6. The highest BCUT2D eigenvalue weighted by atomic mass is 16.3. The molecule has 0 aromatic rings. The molecule has 0 spiro atoms. The van der Waals surface area contributed by atoms with Crippen LogP contribution < -0.4 is 5.73 Å². The van der Waals surface area contributed by atoms with Crippen molar-refractivity contribution in [2.45, 2.75) is 51.0 Å². The van der Waals surface area contributed by atoms with Crippen molar-refractivity contribution in [3.63, 3.8) is 0 Å². The lowest BCUT2D eigenvalue weighted by atomic mass is 10.1. The normalized spacial score (nSPS) is 21.1. The van der Waals surface area contributed by atoms with Gasteiger partial charge in [0.05, 0.1) is 6.10 Å². The number of likely N-dealkylation sites (tertiary alicyclic amines) is 1. The monoisotopic (exact) mass is 228 g/mol. The Kier molecular flexibility index (Phi) is 6.42. The fraction of sp³-hybridized carbons (Fsp3) is 0.917. The van der Waals surface area contributed by atoms with Gasteiger partial charge in [0.1, 0.15) is 0 Å². The Labute approximate surface area is 97.8 Å². The van der Waals surface area contributed by atoms with Gasteiger partial charge in [-0.15, -0.1) is 0 Å². The summed E-state index contributed by atoms with van der Waals surface area (Å²) in [6, 6.07) is 0. The number of hydrogen-bond acceptors (Lipinski definition) is 3. The minimum Gasteiger partial charge on any atom is -0.391 e. The molecule has 0 aliphatic carbocycles. The number of unbranched alkanes of at least 4 members (excludes halogenated alkanes) is 3. The number of nitrogens with zero attached hydrogens (tertiary/aromatic N) is 1. The Morgan fingerprint density at radius 3 is 2.75 bits per heavy atom. The summed E-state index contributed by atoms with van der Waals surface area (Å²) in [6.45, 7) is 2.09. The van der Waals surface area contributed by atoms with Gasteiger partial charge in [-0.1, -0.05) is 12.8 Å². The topological polar surface area (TPSA) is 66.6 Å². The predicted octanol–water partition coefficient (Wildman–Crippen LogP) is 0.879. The standard InChI is InChI=1S/C12H24N2O2/c13-8-4-2-1-3-7-12(16)14-9-5-6-11(15)10-14/h11,15H,1-10,13H2. The van der Waals surface area contributed by atoms with Crippen molar-refractivity contribution < 1.29 is 9.90 Å². The second kappa shape index (κ2) is 7.63. The maximum absolute atomic E-state index is 11.8. The minimum atomic E-state index is -0.310. The highest BCUT2D eigenvalue weighted by molar-refractivity contribution is 5.76. The molecule has 16 heavy (non-hydrogen) atoms. The molecule has 1 heterocycles. The Hall–Kier alpha value is -0.610. The average molecular weight is 228 g/mol. The fourth-order valence-electron chi connectivity index (χ4n) is 2.11. The van der Waals surface area contributed by atoms with Crippen molar-refractivity contribution >= 4 is 5.91 Å².